The second kappa shape index (κ2) is 2.96. The lowest BCUT2D eigenvalue weighted by Gasteiger charge is -1.99. The molecular weight excluding hydrogens is 182 g/mol. The highest BCUT2D eigenvalue weighted by Gasteiger charge is 2.17. The predicted octanol–water partition coefficient (Wildman–Crippen LogP) is 2.93. The zero-order valence-electron chi connectivity index (χ0n) is 8.12. The number of nitriles is 1. The minimum absolute atomic E-state index is 0.626. The van der Waals surface area contributed by atoms with E-state index in [4.69, 9.17) is 5.26 Å². The van der Waals surface area contributed by atoms with E-state index >= 15 is 0 Å². The van der Waals surface area contributed by atoms with Gasteiger partial charge in [-0.2, -0.15) is 5.26 Å². The Morgan fingerprint density at radius 1 is 1.07 bits per heavy atom. The molecule has 0 aliphatic heterocycles. The van der Waals surface area contributed by atoms with Crippen LogP contribution in [0, 0.1) is 17.4 Å². The van der Waals surface area contributed by atoms with Crippen molar-refractivity contribution in [3.05, 3.63) is 59.2 Å². The lowest BCUT2D eigenvalue weighted by atomic mass is 10.0. The molecule has 0 unspecified atom stereocenters. The van der Waals surface area contributed by atoms with Gasteiger partial charge in [0.05, 0.1) is 11.6 Å². The Kier molecular flexibility index (Phi) is 1.63. The van der Waals surface area contributed by atoms with Crippen LogP contribution in [-0.2, 0) is 6.42 Å². The summed E-state index contributed by atoms with van der Waals surface area (Å²) in [5.41, 5.74) is 5.62. The van der Waals surface area contributed by atoms with Crippen LogP contribution in [-0.4, -0.2) is 0 Å². The molecule has 69 valence electrons. The maximum absolute atomic E-state index is 8.80. The maximum Gasteiger partial charge on any atom is 0.0998 e. The van der Waals surface area contributed by atoms with Crippen LogP contribution in [0.25, 0.3) is 11.1 Å². The van der Waals surface area contributed by atoms with Gasteiger partial charge < -0.3 is 0 Å². The first kappa shape index (κ1) is 8.26. The third-order valence-electron chi connectivity index (χ3n) is 2.82. The summed E-state index contributed by atoms with van der Waals surface area (Å²) in [5.74, 6) is 0. The average Bonchev–Trinajstić information content (AvgIpc) is 2.66. The second-order valence-corrected chi connectivity index (χ2v) is 3.71. The molecule has 1 radical (unpaired) electrons. The highest BCUT2D eigenvalue weighted by atomic mass is 14.3. The molecule has 0 saturated carbocycles. The van der Waals surface area contributed by atoms with Crippen molar-refractivity contribution in [2.45, 2.75) is 6.42 Å². The van der Waals surface area contributed by atoms with Crippen LogP contribution in [0.15, 0.2) is 36.4 Å². The fourth-order valence-corrected chi connectivity index (χ4v) is 2.12. The van der Waals surface area contributed by atoms with Crippen molar-refractivity contribution < 1.29 is 0 Å². The lowest BCUT2D eigenvalue weighted by molar-refractivity contribution is 1.25. The molecule has 0 bridgehead atoms. The molecule has 15 heavy (non-hydrogen) atoms. The lowest BCUT2D eigenvalue weighted by Crippen LogP contribution is -1.82. The van der Waals surface area contributed by atoms with Crippen molar-refractivity contribution >= 4 is 0 Å². The minimum atomic E-state index is 0.626. The predicted molar refractivity (Wildman–Crippen MR) is 58.2 cm³/mol. The molecule has 2 aromatic rings. The maximum atomic E-state index is 8.80. The summed E-state index contributed by atoms with van der Waals surface area (Å²) in [4.78, 5) is 0. The Labute approximate surface area is 88.6 Å². The van der Waals surface area contributed by atoms with Gasteiger partial charge in [0.2, 0.25) is 0 Å². The molecule has 0 aromatic heterocycles. The SMILES string of the molecule is N#Cc1[c]c2c(cc1)-c1ccccc1C2. The molecule has 1 aliphatic carbocycles. The summed E-state index contributed by atoms with van der Waals surface area (Å²) in [6.45, 7) is 0. The van der Waals surface area contributed by atoms with E-state index in [1.165, 1.54) is 16.7 Å². The van der Waals surface area contributed by atoms with E-state index in [-0.39, 0.29) is 0 Å². The third-order valence-corrected chi connectivity index (χ3v) is 2.82. The standard InChI is InChI=1S/C14H8N/c15-9-10-5-6-14-12(7-10)8-11-3-1-2-4-13(11)14/h1-6H,8H2. The number of benzene rings is 2. The molecule has 0 N–H and O–H groups in total. The van der Waals surface area contributed by atoms with Gasteiger partial charge in [0.15, 0.2) is 0 Å². The fourth-order valence-electron chi connectivity index (χ4n) is 2.12. The molecule has 0 amide bonds. The van der Waals surface area contributed by atoms with E-state index in [9.17, 15) is 0 Å². The normalized spacial score (nSPS) is 11.7. The molecule has 1 nitrogen and oxygen atoms in total. The second-order valence-electron chi connectivity index (χ2n) is 3.71. The van der Waals surface area contributed by atoms with E-state index in [1.807, 2.05) is 18.2 Å². The number of hydrogen-bond donors (Lipinski definition) is 0. The molecule has 0 fully saturated rings. The van der Waals surface area contributed by atoms with Crippen LogP contribution in [0.5, 0.6) is 0 Å². The zero-order valence-corrected chi connectivity index (χ0v) is 8.12. The first-order chi connectivity index (χ1) is 7.38. The molecular formula is C14H8N. The number of rotatable bonds is 0. The number of hydrogen-bond acceptors (Lipinski definition) is 1. The van der Waals surface area contributed by atoms with Gasteiger partial charge in [-0.05, 0) is 34.7 Å². The van der Waals surface area contributed by atoms with Crippen molar-refractivity contribution in [2.75, 3.05) is 0 Å². The van der Waals surface area contributed by atoms with Gasteiger partial charge in [-0.25, -0.2) is 0 Å². The highest BCUT2D eigenvalue weighted by molar-refractivity contribution is 5.76. The van der Waals surface area contributed by atoms with Crippen LogP contribution >= 0.6 is 0 Å². The number of fused-ring (bicyclic) bond motifs is 3. The van der Waals surface area contributed by atoms with Crippen LogP contribution in [0.3, 0.4) is 0 Å². The zero-order chi connectivity index (χ0) is 10.3. The Morgan fingerprint density at radius 3 is 2.80 bits per heavy atom. The molecule has 0 spiro atoms. The van der Waals surface area contributed by atoms with Gasteiger partial charge in [0.25, 0.3) is 0 Å². The van der Waals surface area contributed by atoms with Crippen molar-refractivity contribution in [3.63, 3.8) is 0 Å². The van der Waals surface area contributed by atoms with Gasteiger partial charge >= 0.3 is 0 Å². The summed E-state index contributed by atoms with van der Waals surface area (Å²) in [6.07, 6.45) is 0.904. The first-order valence-electron chi connectivity index (χ1n) is 4.92. The summed E-state index contributed by atoms with van der Waals surface area (Å²) in [6, 6.07) is 17.5. The molecule has 3 rings (SSSR count). The van der Waals surface area contributed by atoms with Crippen LogP contribution in [0.4, 0.5) is 0 Å². The number of nitrogens with zero attached hydrogens (tertiary/aromatic N) is 1. The van der Waals surface area contributed by atoms with Crippen molar-refractivity contribution in [3.8, 4) is 17.2 Å². The van der Waals surface area contributed by atoms with E-state index < -0.39 is 0 Å². The molecule has 1 aliphatic rings. The topological polar surface area (TPSA) is 23.8 Å². The van der Waals surface area contributed by atoms with Gasteiger partial charge in [-0.1, -0.05) is 30.3 Å². The van der Waals surface area contributed by atoms with Crippen LogP contribution < -0.4 is 0 Å². The van der Waals surface area contributed by atoms with Crippen molar-refractivity contribution in [1.29, 1.82) is 5.26 Å². The summed E-state index contributed by atoms with van der Waals surface area (Å²) in [7, 11) is 0. The Balaban J connectivity index is 2.23. The van der Waals surface area contributed by atoms with Gasteiger partial charge in [-0.15, -0.1) is 0 Å². The average molecular weight is 190 g/mol. The van der Waals surface area contributed by atoms with Crippen LogP contribution in [0.2, 0.25) is 0 Å². The quantitative estimate of drug-likeness (QED) is 0.534. The van der Waals surface area contributed by atoms with Gasteiger partial charge in [0.1, 0.15) is 0 Å². The summed E-state index contributed by atoms with van der Waals surface area (Å²) in [5, 5.41) is 8.80. The van der Waals surface area contributed by atoms with Gasteiger partial charge in [0, 0.05) is 6.07 Å². The van der Waals surface area contributed by atoms with Crippen molar-refractivity contribution in [2.24, 2.45) is 0 Å². The van der Waals surface area contributed by atoms with E-state index in [1.54, 1.807) is 0 Å². The summed E-state index contributed by atoms with van der Waals surface area (Å²) < 4.78 is 0. The minimum Gasteiger partial charge on any atom is -0.192 e. The summed E-state index contributed by atoms with van der Waals surface area (Å²) >= 11 is 0. The first-order valence-corrected chi connectivity index (χ1v) is 4.92. The largest absolute Gasteiger partial charge is 0.192 e. The monoisotopic (exact) mass is 190 g/mol. The molecule has 0 saturated heterocycles. The van der Waals surface area contributed by atoms with E-state index in [0.717, 1.165) is 12.0 Å². The Hall–Kier alpha value is -2.07. The smallest absolute Gasteiger partial charge is 0.0998 e. The highest BCUT2D eigenvalue weighted by Crippen LogP contribution is 2.36. The van der Waals surface area contributed by atoms with Crippen LogP contribution in [0.1, 0.15) is 16.7 Å². The third kappa shape index (κ3) is 1.15. The van der Waals surface area contributed by atoms with Gasteiger partial charge in [-0.3, -0.25) is 0 Å². The molecule has 2 aromatic carbocycles. The Morgan fingerprint density at radius 2 is 1.93 bits per heavy atom. The molecule has 0 atom stereocenters. The fraction of sp³-hybridized carbons (Fsp3) is 0.0714. The molecule has 1 heteroatoms. The van der Waals surface area contributed by atoms with Crippen molar-refractivity contribution in [1.82, 2.24) is 0 Å². The molecule has 0 heterocycles. The van der Waals surface area contributed by atoms with E-state index in [2.05, 4.69) is 30.3 Å². The Bertz CT molecular complexity index is 576. The van der Waals surface area contributed by atoms with E-state index in [0.29, 0.717) is 5.56 Å².